The highest BCUT2D eigenvalue weighted by atomic mass is 16.8. The van der Waals surface area contributed by atoms with Gasteiger partial charge in [0.1, 0.15) is 24.9 Å². The van der Waals surface area contributed by atoms with Crippen LogP contribution in [0.4, 0.5) is 0 Å². The lowest BCUT2D eigenvalue weighted by Crippen LogP contribution is -2.65. The summed E-state index contributed by atoms with van der Waals surface area (Å²) in [5.41, 5.74) is 0. The third kappa shape index (κ3) is 12.4. The molecule has 0 bridgehead atoms. The SMILES string of the molecule is CCCCCCCCCC(=O)O[C@H]1[C@@H](O[C@@]2(CO)O[C@@H](CO)[C@@H](O)[C@H]2OC(=O)CC(C)C)O[C@@H](CO)[C@@H](OC(=O)C(C)C)[C@@H]1OC(=O)C(C)C. The number of rotatable bonds is 21. The van der Waals surface area contributed by atoms with Gasteiger partial charge in [0, 0.05) is 12.8 Å². The first-order valence-corrected chi connectivity index (χ1v) is 18.0. The fraction of sp³-hybridized carbons (Fsp3) is 0.886. The predicted octanol–water partition coefficient (Wildman–Crippen LogP) is 2.31. The molecule has 2 aliphatic rings. The van der Waals surface area contributed by atoms with Crippen LogP contribution in [0.3, 0.4) is 0 Å². The van der Waals surface area contributed by atoms with Crippen molar-refractivity contribution in [2.75, 3.05) is 19.8 Å². The van der Waals surface area contributed by atoms with Gasteiger partial charge in [-0.05, 0) is 12.3 Å². The van der Waals surface area contributed by atoms with Crippen molar-refractivity contribution in [2.45, 2.75) is 161 Å². The summed E-state index contributed by atoms with van der Waals surface area (Å²) in [6, 6.07) is 0. The van der Waals surface area contributed by atoms with E-state index in [9.17, 15) is 39.6 Å². The molecule has 2 heterocycles. The quantitative estimate of drug-likeness (QED) is 0.0761. The van der Waals surface area contributed by atoms with E-state index in [0.717, 1.165) is 38.5 Å². The van der Waals surface area contributed by atoms with Gasteiger partial charge in [-0.2, -0.15) is 0 Å². The van der Waals surface area contributed by atoms with E-state index in [1.165, 1.54) is 0 Å². The molecule has 15 nitrogen and oxygen atoms in total. The third-order valence-electron chi connectivity index (χ3n) is 8.50. The second-order valence-corrected chi connectivity index (χ2v) is 14.1. The van der Waals surface area contributed by atoms with E-state index in [-0.39, 0.29) is 18.8 Å². The summed E-state index contributed by atoms with van der Waals surface area (Å²) in [6.07, 6.45) is -6.26. The fourth-order valence-corrected chi connectivity index (χ4v) is 5.63. The van der Waals surface area contributed by atoms with E-state index in [4.69, 9.17) is 33.2 Å². The molecule has 0 unspecified atom stereocenters. The van der Waals surface area contributed by atoms with E-state index in [2.05, 4.69) is 6.92 Å². The van der Waals surface area contributed by atoms with Crippen molar-refractivity contribution in [3.8, 4) is 0 Å². The average Bonchev–Trinajstić information content (AvgIpc) is 3.32. The first kappa shape index (κ1) is 43.8. The maximum absolute atomic E-state index is 13.3. The average molecular weight is 721 g/mol. The normalized spacial score (nSPS) is 29.7. The molecule has 0 saturated carbocycles. The molecule has 0 spiro atoms. The van der Waals surface area contributed by atoms with Gasteiger partial charge < -0.3 is 53.6 Å². The van der Waals surface area contributed by atoms with Crippen molar-refractivity contribution in [3.63, 3.8) is 0 Å². The first-order chi connectivity index (χ1) is 23.6. The van der Waals surface area contributed by atoms with Crippen LogP contribution in [0.2, 0.25) is 0 Å². The zero-order valence-corrected chi connectivity index (χ0v) is 30.6. The topological polar surface area (TPSA) is 214 Å². The van der Waals surface area contributed by atoms with Gasteiger partial charge in [-0.1, -0.05) is 87.0 Å². The molecule has 2 saturated heterocycles. The van der Waals surface area contributed by atoms with Crippen molar-refractivity contribution in [1.29, 1.82) is 0 Å². The molecule has 4 N–H and O–H groups in total. The van der Waals surface area contributed by atoms with Gasteiger partial charge in [0.05, 0.1) is 25.0 Å². The van der Waals surface area contributed by atoms with Crippen LogP contribution in [0, 0.1) is 17.8 Å². The summed E-state index contributed by atoms with van der Waals surface area (Å²) in [7, 11) is 0. The number of ether oxygens (including phenoxy) is 7. The molecule has 290 valence electrons. The van der Waals surface area contributed by atoms with E-state index >= 15 is 0 Å². The van der Waals surface area contributed by atoms with Crippen molar-refractivity contribution >= 4 is 23.9 Å². The fourth-order valence-electron chi connectivity index (χ4n) is 5.63. The smallest absolute Gasteiger partial charge is 0.308 e. The summed E-state index contributed by atoms with van der Waals surface area (Å²) < 4.78 is 40.8. The van der Waals surface area contributed by atoms with Crippen LogP contribution in [0.25, 0.3) is 0 Å². The van der Waals surface area contributed by atoms with Crippen LogP contribution in [0.15, 0.2) is 0 Å². The van der Waals surface area contributed by atoms with Gasteiger partial charge in [0.2, 0.25) is 12.1 Å². The lowest BCUT2D eigenvalue weighted by Gasteiger charge is -2.46. The highest BCUT2D eigenvalue weighted by molar-refractivity contribution is 5.73. The molecule has 2 fully saturated rings. The second kappa shape index (κ2) is 21.2. The third-order valence-corrected chi connectivity index (χ3v) is 8.50. The highest BCUT2D eigenvalue weighted by Crippen LogP contribution is 2.40. The largest absolute Gasteiger partial charge is 0.455 e. The Morgan fingerprint density at radius 2 is 1.26 bits per heavy atom. The molecule has 2 aliphatic heterocycles. The molecular formula is C35H60O15. The van der Waals surface area contributed by atoms with Gasteiger partial charge in [-0.3, -0.25) is 19.2 Å². The minimum atomic E-state index is -2.39. The Morgan fingerprint density at radius 3 is 1.78 bits per heavy atom. The summed E-state index contributed by atoms with van der Waals surface area (Å²) in [6.45, 7) is 9.35. The Kier molecular flexibility index (Phi) is 18.6. The molecule has 0 radical (unpaired) electrons. The number of esters is 4. The molecule has 50 heavy (non-hydrogen) atoms. The van der Waals surface area contributed by atoms with Crippen LogP contribution >= 0.6 is 0 Å². The monoisotopic (exact) mass is 720 g/mol. The number of hydrogen-bond donors (Lipinski definition) is 4. The van der Waals surface area contributed by atoms with Crippen LogP contribution in [0.1, 0.15) is 106 Å². The van der Waals surface area contributed by atoms with E-state index in [1.807, 2.05) is 0 Å². The standard InChI is InChI=1S/C35H60O15/c1-8-9-10-11-12-13-14-15-25(39)45-30-29(48-33(43)22(6)7)28(47-32(42)21(4)5)24(18-37)44-34(30)50-35(19-38)31(27(41)23(17-36)49-35)46-26(40)16-20(2)3/h20-24,27-31,34,36-38,41H,8-19H2,1-7H3/t23-,24-,27+,28+,29-,30+,31+,34+,35+/m0/s1. The Morgan fingerprint density at radius 1 is 0.700 bits per heavy atom. The Bertz CT molecular complexity index is 1060. The van der Waals surface area contributed by atoms with Crippen LogP contribution < -0.4 is 0 Å². The number of carbonyl (C=O) groups is 4. The maximum Gasteiger partial charge on any atom is 0.308 e. The van der Waals surface area contributed by atoms with Crippen LogP contribution in [-0.4, -0.2) is 119 Å². The van der Waals surface area contributed by atoms with Gasteiger partial charge in [0.15, 0.2) is 24.4 Å². The maximum atomic E-state index is 13.3. The number of aliphatic hydroxyl groups excluding tert-OH is 4. The number of aliphatic hydroxyl groups is 4. The summed E-state index contributed by atoms with van der Waals surface area (Å²) in [5.74, 6) is -6.78. The molecule has 0 aromatic carbocycles. The van der Waals surface area contributed by atoms with Gasteiger partial charge in [-0.15, -0.1) is 0 Å². The zero-order chi connectivity index (χ0) is 37.6. The number of unbranched alkanes of at least 4 members (excludes halogenated alkanes) is 6. The Balaban J connectivity index is 2.55. The molecule has 15 heteroatoms. The van der Waals surface area contributed by atoms with Gasteiger partial charge in [0.25, 0.3) is 0 Å². The van der Waals surface area contributed by atoms with Crippen LogP contribution in [-0.2, 0) is 52.3 Å². The van der Waals surface area contributed by atoms with Gasteiger partial charge in [-0.25, -0.2) is 0 Å². The van der Waals surface area contributed by atoms with Crippen molar-refractivity contribution in [2.24, 2.45) is 17.8 Å². The van der Waals surface area contributed by atoms with E-state index in [0.29, 0.717) is 6.42 Å². The Labute approximate surface area is 295 Å². The van der Waals surface area contributed by atoms with Crippen LogP contribution in [0.5, 0.6) is 0 Å². The van der Waals surface area contributed by atoms with E-state index < -0.39 is 110 Å². The van der Waals surface area contributed by atoms with Gasteiger partial charge >= 0.3 is 23.9 Å². The van der Waals surface area contributed by atoms with Crippen molar-refractivity contribution in [1.82, 2.24) is 0 Å². The molecule has 9 atom stereocenters. The minimum absolute atomic E-state index is 0.0237. The summed E-state index contributed by atoms with van der Waals surface area (Å²) >= 11 is 0. The molecule has 0 amide bonds. The number of carbonyl (C=O) groups excluding carboxylic acids is 4. The minimum Gasteiger partial charge on any atom is -0.455 e. The Hall–Kier alpha value is -2.40. The van der Waals surface area contributed by atoms with Crippen molar-refractivity contribution in [3.05, 3.63) is 0 Å². The second-order valence-electron chi connectivity index (χ2n) is 14.1. The number of hydrogen-bond acceptors (Lipinski definition) is 15. The first-order valence-electron chi connectivity index (χ1n) is 18.0. The highest BCUT2D eigenvalue weighted by Gasteiger charge is 2.62. The zero-order valence-electron chi connectivity index (χ0n) is 30.6. The summed E-state index contributed by atoms with van der Waals surface area (Å²) in [5, 5.41) is 42.0. The lowest BCUT2D eigenvalue weighted by atomic mass is 9.97. The lowest BCUT2D eigenvalue weighted by molar-refractivity contribution is -0.384. The van der Waals surface area contributed by atoms with E-state index in [1.54, 1.807) is 41.5 Å². The molecular weight excluding hydrogens is 660 g/mol. The molecule has 0 aromatic heterocycles. The predicted molar refractivity (Wildman–Crippen MR) is 176 cm³/mol. The molecule has 2 rings (SSSR count). The van der Waals surface area contributed by atoms with Crippen molar-refractivity contribution < 1.29 is 72.8 Å². The summed E-state index contributed by atoms with van der Waals surface area (Å²) in [4.78, 5) is 52.0. The molecule has 0 aromatic rings. The molecule has 0 aliphatic carbocycles.